The van der Waals surface area contributed by atoms with Gasteiger partial charge in [-0.2, -0.15) is 0 Å². The second kappa shape index (κ2) is 15.2. The van der Waals surface area contributed by atoms with Crippen molar-refractivity contribution in [3.63, 3.8) is 0 Å². The quantitative estimate of drug-likeness (QED) is 0.109. The summed E-state index contributed by atoms with van der Waals surface area (Å²) in [4.78, 5) is 58.1. The number of aliphatic hydroxyl groups is 1. The molecule has 0 fully saturated rings. The Morgan fingerprint density at radius 2 is 1.48 bits per heavy atom. The van der Waals surface area contributed by atoms with Gasteiger partial charge >= 0.3 is 5.97 Å². The molecule has 7 N–H and O–H groups in total. The first-order valence-electron chi connectivity index (χ1n) is 9.50. The monoisotopic (exact) mass is 480 g/mol. The van der Waals surface area contributed by atoms with Gasteiger partial charge in [-0.05, 0) is 27.8 Å². The number of amides is 2. The van der Waals surface area contributed by atoms with Crippen molar-refractivity contribution in [1.82, 2.24) is 16.0 Å². The zero-order valence-corrected chi connectivity index (χ0v) is 19.7. The number of hydrogen-bond acceptors (Lipinski definition) is 10. The van der Waals surface area contributed by atoms with Crippen LogP contribution < -0.4 is 21.7 Å². The summed E-state index contributed by atoms with van der Waals surface area (Å²) < 4.78 is 0. The summed E-state index contributed by atoms with van der Waals surface area (Å²) in [7, 11) is 1.60. The third-order valence-electron chi connectivity index (χ3n) is 4.16. The maximum absolute atomic E-state index is 12.3. The zero-order valence-electron chi connectivity index (χ0n) is 18.0. The second-order valence-electron chi connectivity index (χ2n) is 6.91. The Bertz CT molecular complexity index is 648. The van der Waals surface area contributed by atoms with Crippen molar-refractivity contribution in [3.05, 3.63) is 0 Å². The molecule has 0 unspecified atom stereocenters. The fraction of sp³-hybridized carbons (Fsp3) is 0.722. The number of nitrogens with one attached hydrogen (secondary N) is 3. The summed E-state index contributed by atoms with van der Waals surface area (Å²) in [6.45, 7) is 4.03. The lowest BCUT2D eigenvalue weighted by atomic mass is 10.1. The van der Waals surface area contributed by atoms with Crippen LogP contribution in [0.15, 0.2) is 0 Å². The Hall–Kier alpha value is -1.67. The van der Waals surface area contributed by atoms with E-state index < -0.39 is 54.5 Å². The molecular formula is C18H32N4O7S2. The number of aliphatic hydroxyl groups excluding tert-OH is 1. The standard InChI is InChI=1S/C18H32N4O7S2/c1-9(23)13(21-17(28)12(19)5-15(26)27)6-30-8-31-7-14(20-4)18(29)22-16(10(2)24)11(3)25/h10,12-14,16,20,24H,5-8,19H2,1-4H3,(H,21,28)(H,22,29)(H,26,27)/t10-,12+,13+,14+,16+/m1/s1. The van der Waals surface area contributed by atoms with Crippen LogP contribution in [0.4, 0.5) is 0 Å². The molecule has 0 aromatic rings. The highest BCUT2D eigenvalue weighted by molar-refractivity contribution is 8.16. The van der Waals surface area contributed by atoms with Gasteiger partial charge in [0.1, 0.15) is 6.04 Å². The van der Waals surface area contributed by atoms with Gasteiger partial charge in [0.05, 0.1) is 30.7 Å². The summed E-state index contributed by atoms with van der Waals surface area (Å²) in [5, 5.41) is 26.6. The van der Waals surface area contributed by atoms with Crippen LogP contribution in [-0.2, 0) is 24.0 Å². The number of carbonyl (C=O) groups is 5. The molecule has 0 saturated carbocycles. The molecule has 2 amide bonds. The van der Waals surface area contributed by atoms with Gasteiger partial charge in [-0.15, -0.1) is 23.5 Å². The first-order valence-corrected chi connectivity index (χ1v) is 11.8. The van der Waals surface area contributed by atoms with Gasteiger partial charge in [-0.1, -0.05) is 0 Å². The number of aliphatic carboxylic acids is 1. The highest BCUT2D eigenvalue weighted by Gasteiger charge is 2.26. The minimum atomic E-state index is -1.24. The van der Waals surface area contributed by atoms with Crippen molar-refractivity contribution in [2.75, 3.05) is 23.6 Å². The lowest BCUT2D eigenvalue weighted by molar-refractivity contribution is -0.139. The fourth-order valence-corrected chi connectivity index (χ4v) is 4.67. The molecule has 0 spiro atoms. The highest BCUT2D eigenvalue weighted by atomic mass is 32.2. The second-order valence-corrected chi connectivity index (χ2v) is 9.34. The van der Waals surface area contributed by atoms with Crippen LogP contribution in [0, 0.1) is 0 Å². The molecule has 13 heteroatoms. The molecule has 0 aliphatic carbocycles. The highest BCUT2D eigenvalue weighted by Crippen LogP contribution is 2.15. The first kappa shape index (κ1) is 29.3. The van der Waals surface area contributed by atoms with Gasteiger partial charge in [-0.25, -0.2) is 0 Å². The Morgan fingerprint density at radius 3 is 1.90 bits per heavy atom. The van der Waals surface area contributed by atoms with Gasteiger partial charge in [0.2, 0.25) is 11.8 Å². The molecule has 11 nitrogen and oxygen atoms in total. The van der Waals surface area contributed by atoms with Crippen LogP contribution >= 0.6 is 23.5 Å². The van der Waals surface area contributed by atoms with Crippen LogP contribution in [0.2, 0.25) is 0 Å². The molecule has 31 heavy (non-hydrogen) atoms. The van der Waals surface area contributed by atoms with Crippen molar-refractivity contribution in [2.24, 2.45) is 5.73 Å². The van der Waals surface area contributed by atoms with Crippen molar-refractivity contribution in [1.29, 1.82) is 0 Å². The molecule has 5 atom stereocenters. The molecule has 0 heterocycles. The summed E-state index contributed by atoms with van der Waals surface area (Å²) in [6.07, 6.45) is -1.54. The van der Waals surface area contributed by atoms with Crippen molar-refractivity contribution < 1.29 is 34.2 Å². The first-order chi connectivity index (χ1) is 14.4. The number of likely N-dealkylation sites (N-methyl/N-ethyl adjacent to an activating group) is 1. The molecule has 0 aromatic heterocycles. The maximum Gasteiger partial charge on any atom is 0.305 e. The SMILES string of the molecule is CN[C@@H](CSCSC[C@H](NC(=O)[C@@H](N)CC(=O)O)C(C)=O)C(=O)N[C@H](C(C)=O)[C@@H](C)O. The Kier molecular flexibility index (Phi) is 14.4. The van der Waals surface area contributed by atoms with E-state index in [1.54, 1.807) is 7.05 Å². The van der Waals surface area contributed by atoms with Crippen LogP contribution in [-0.4, -0.2) is 93.5 Å². The summed E-state index contributed by atoms with van der Waals surface area (Å²) >= 11 is 2.77. The molecule has 178 valence electrons. The molecule has 0 aromatic carbocycles. The Labute approximate surface area is 190 Å². The predicted octanol–water partition coefficient (Wildman–Crippen LogP) is -1.67. The Balaban J connectivity index is 4.49. The van der Waals surface area contributed by atoms with E-state index in [2.05, 4.69) is 16.0 Å². The minimum absolute atomic E-state index is 0.263. The number of ketones is 2. The number of carboxylic acid groups (broad SMARTS) is 1. The molecular weight excluding hydrogens is 448 g/mol. The van der Waals surface area contributed by atoms with E-state index in [9.17, 15) is 29.1 Å². The van der Waals surface area contributed by atoms with Crippen molar-refractivity contribution in [2.45, 2.75) is 57.5 Å². The van der Waals surface area contributed by atoms with Crippen molar-refractivity contribution in [3.8, 4) is 0 Å². The molecule has 0 aliphatic rings. The van der Waals surface area contributed by atoms with E-state index in [1.807, 2.05) is 0 Å². The molecule has 0 saturated heterocycles. The van der Waals surface area contributed by atoms with Crippen LogP contribution in [0.3, 0.4) is 0 Å². The van der Waals surface area contributed by atoms with Gasteiger partial charge < -0.3 is 31.9 Å². The maximum atomic E-state index is 12.3. The summed E-state index contributed by atoms with van der Waals surface area (Å²) in [6, 6.07) is -3.61. The van der Waals surface area contributed by atoms with Gasteiger partial charge in [0.15, 0.2) is 11.6 Å². The average molecular weight is 481 g/mol. The van der Waals surface area contributed by atoms with E-state index >= 15 is 0 Å². The van der Waals surface area contributed by atoms with Gasteiger partial charge in [0, 0.05) is 16.6 Å². The summed E-state index contributed by atoms with van der Waals surface area (Å²) in [5.74, 6) is -2.32. The average Bonchev–Trinajstić information content (AvgIpc) is 2.66. The topological polar surface area (TPSA) is 188 Å². The van der Waals surface area contributed by atoms with E-state index in [4.69, 9.17) is 10.8 Å². The van der Waals surface area contributed by atoms with Crippen LogP contribution in [0.25, 0.3) is 0 Å². The molecule has 0 rings (SSSR count). The van der Waals surface area contributed by atoms with Crippen molar-refractivity contribution >= 4 is 52.9 Å². The lowest BCUT2D eigenvalue weighted by Gasteiger charge is -2.22. The van der Waals surface area contributed by atoms with Gasteiger partial charge in [0.25, 0.3) is 0 Å². The fourth-order valence-electron chi connectivity index (χ4n) is 2.32. The minimum Gasteiger partial charge on any atom is -0.481 e. The number of carboxylic acids is 1. The largest absolute Gasteiger partial charge is 0.481 e. The molecule has 0 radical (unpaired) electrons. The number of Topliss-reactive ketones (excluding diaryl/α,β-unsaturated/α-hetero) is 2. The molecule has 0 aliphatic heterocycles. The number of hydrogen-bond donors (Lipinski definition) is 6. The number of thioether (sulfide) groups is 2. The summed E-state index contributed by atoms with van der Waals surface area (Å²) in [5.41, 5.74) is 5.49. The zero-order chi connectivity index (χ0) is 24.1. The number of rotatable bonds is 16. The third-order valence-corrected chi connectivity index (χ3v) is 6.63. The van der Waals surface area contributed by atoms with E-state index in [-0.39, 0.29) is 17.3 Å². The van der Waals surface area contributed by atoms with E-state index in [0.29, 0.717) is 10.8 Å². The predicted molar refractivity (Wildman–Crippen MR) is 120 cm³/mol. The van der Waals surface area contributed by atoms with Gasteiger partial charge in [-0.3, -0.25) is 24.0 Å². The Morgan fingerprint density at radius 1 is 0.935 bits per heavy atom. The number of carbonyl (C=O) groups excluding carboxylic acids is 4. The van der Waals surface area contributed by atoms with Crippen LogP contribution in [0.5, 0.6) is 0 Å². The number of nitrogens with two attached hydrogens (primary N) is 1. The van der Waals surface area contributed by atoms with Crippen LogP contribution in [0.1, 0.15) is 27.2 Å². The third kappa shape index (κ3) is 12.1. The normalized spacial score (nSPS) is 15.8. The van der Waals surface area contributed by atoms with E-state index in [1.165, 1.54) is 44.3 Å². The molecule has 0 bridgehead atoms. The lowest BCUT2D eigenvalue weighted by Crippen LogP contribution is -2.53. The van der Waals surface area contributed by atoms with E-state index in [0.717, 1.165) is 0 Å². The smallest absolute Gasteiger partial charge is 0.305 e.